The molecule has 1 rings (SSSR count). The van der Waals surface area contributed by atoms with Gasteiger partial charge in [-0.3, -0.25) is 4.99 Å². The lowest BCUT2D eigenvalue weighted by Crippen LogP contribution is -2.00. The van der Waals surface area contributed by atoms with Crippen LogP contribution in [0.15, 0.2) is 35.3 Å². The van der Waals surface area contributed by atoms with Gasteiger partial charge in [-0.2, -0.15) is 0 Å². The third-order valence-electron chi connectivity index (χ3n) is 1.57. The van der Waals surface area contributed by atoms with E-state index in [1.165, 1.54) is 5.56 Å². The van der Waals surface area contributed by atoms with Crippen molar-refractivity contribution in [1.29, 1.82) is 0 Å². The van der Waals surface area contributed by atoms with Gasteiger partial charge in [0.05, 0.1) is 5.04 Å². The van der Waals surface area contributed by atoms with E-state index in [1.807, 2.05) is 25.2 Å². The first-order chi connectivity index (χ1) is 6.24. The average molecular weight is 193 g/mol. The molecule has 0 fully saturated rings. The van der Waals surface area contributed by atoms with Crippen molar-refractivity contribution < 1.29 is 0 Å². The summed E-state index contributed by atoms with van der Waals surface area (Å²) in [5.41, 5.74) is 1.21. The van der Waals surface area contributed by atoms with Crippen molar-refractivity contribution in [3.8, 4) is 0 Å². The van der Waals surface area contributed by atoms with Crippen LogP contribution in [0, 0.1) is 0 Å². The number of thioether (sulfide) groups is 1. The Morgan fingerprint density at radius 3 is 2.31 bits per heavy atom. The Morgan fingerprint density at radius 2 is 1.85 bits per heavy atom. The Labute approximate surface area is 84.3 Å². The summed E-state index contributed by atoms with van der Waals surface area (Å²) in [7, 11) is 1.84. The van der Waals surface area contributed by atoms with Crippen molar-refractivity contribution in [2.24, 2.45) is 4.99 Å². The number of hydrogen-bond donors (Lipinski definition) is 0. The van der Waals surface area contributed by atoms with Crippen molar-refractivity contribution in [1.82, 2.24) is 0 Å². The molecule has 0 N–H and O–H groups in total. The first kappa shape index (κ1) is 10.3. The highest BCUT2D eigenvalue weighted by atomic mass is 32.2. The molecule has 1 nitrogen and oxygen atoms in total. The van der Waals surface area contributed by atoms with E-state index in [9.17, 15) is 0 Å². The van der Waals surface area contributed by atoms with Gasteiger partial charge in [-0.1, -0.05) is 44.2 Å². The Hall–Kier alpha value is -0.760. The number of hydrogen-bond acceptors (Lipinski definition) is 2. The zero-order valence-electron chi connectivity index (χ0n) is 8.32. The fraction of sp³-hybridized carbons (Fsp3) is 0.364. The molecule has 0 bridgehead atoms. The van der Waals surface area contributed by atoms with Crippen LogP contribution in [0.5, 0.6) is 0 Å². The lowest BCUT2D eigenvalue weighted by atomic mass is 10.2. The minimum absolute atomic E-state index is 0.582. The molecule has 0 heterocycles. The van der Waals surface area contributed by atoms with Crippen LogP contribution in [-0.4, -0.2) is 17.3 Å². The van der Waals surface area contributed by atoms with Crippen LogP contribution >= 0.6 is 11.8 Å². The van der Waals surface area contributed by atoms with Gasteiger partial charge in [-0.25, -0.2) is 0 Å². The van der Waals surface area contributed by atoms with Crippen LogP contribution in [0.25, 0.3) is 0 Å². The van der Waals surface area contributed by atoms with E-state index >= 15 is 0 Å². The van der Waals surface area contributed by atoms with Crippen LogP contribution < -0.4 is 0 Å². The largest absolute Gasteiger partial charge is 0.281 e. The summed E-state index contributed by atoms with van der Waals surface area (Å²) < 4.78 is 0. The predicted octanol–water partition coefficient (Wildman–Crippen LogP) is 3.20. The van der Waals surface area contributed by atoms with Gasteiger partial charge in [-0.15, -0.1) is 11.8 Å². The smallest absolute Gasteiger partial charge is 0.0975 e. The molecule has 0 aliphatic rings. The third kappa shape index (κ3) is 3.23. The second-order valence-corrected chi connectivity index (χ2v) is 4.63. The van der Waals surface area contributed by atoms with E-state index in [2.05, 4.69) is 31.0 Å². The molecule has 0 atom stereocenters. The number of benzene rings is 1. The van der Waals surface area contributed by atoms with Gasteiger partial charge < -0.3 is 0 Å². The van der Waals surface area contributed by atoms with E-state index in [4.69, 9.17) is 0 Å². The van der Waals surface area contributed by atoms with E-state index < -0.39 is 0 Å². The SMILES string of the molecule is CN=C(SC(C)C)c1ccccc1. The van der Waals surface area contributed by atoms with Gasteiger partial charge in [-0.05, 0) is 0 Å². The summed E-state index contributed by atoms with van der Waals surface area (Å²) in [6, 6.07) is 10.3. The van der Waals surface area contributed by atoms with Crippen LogP contribution in [0.4, 0.5) is 0 Å². The molecule has 70 valence electrons. The predicted molar refractivity (Wildman–Crippen MR) is 61.6 cm³/mol. The van der Waals surface area contributed by atoms with Crippen molar-refractivity contribution in [2.75, 3.05) is 7.05 Å². The number of rotatable bonds is 2. The van der Waals surface area contributed by atoms with E-state index in [0.717, 1.165) is 5.04 Å². The molecule has 0 aliphatic carbocycles. The molecule has 2 heteroatoms. The highest BCUT2D eigenvalue weighted by Gasteiger charge is 2.04. The van der Waals surface area contributed by atoms with Crippen LogP contribution in [-0.2, 0) is 0 Å². The van der Waals surface area contributed by atoms with Gasteiger partial charge in [0.2, 0.25) is 0 Å². The Kier molecular flexibility index (Phi) is 4.03. The molecule has 0 radical (unpaired) electrons. The Bertz CT molecular complexity index is 277. The molecule has 0 aliphatic heterocycles. The molecule has 0 saturated carbocycles. The van der Waals surface area contributed by atoms with Crippen LogP contribution in [0.2, 0.25) is 0 Å². The van der Waals surface area contributed by atoms with Crippen LogP contribution in [0.3, 0.4) is 0 Å². The fourth-order valence-corrected chi connectivity index (χ4v) is 1.88. The summed E-state index contributed by atoms with van der Waals surface area (Å²) in [4.78, 5) is 4.28. The minimum atomic E-state index is 0.582. The van der Waals surface area contributed by atoms with Crippen molar-refractivity contribution in [2.45, 2.75) is 19.1 Å². The highest BCUT2D eigenvalue weighted by Crippen LogP contribution is 2.17. The van der Waals surface area contributed by atoms with Gasteiger partial charge in [0, 0.05) is 17.9 Å². The standard InChI is InChI=1S/C11H15NS/c1-9(2)13-11(12-3)10-7-5-4-6-8-10/h4-9H,1-3H3. The molecule has 1 aromatic rings. The normalized spacial score (nSPS) is 12.2. The molecular weight excluding hydrogens is 178 g/mol. The van der Waals surface area contributed by atoms with E-state index in [1.54, 1.807) is 11.8 Å². The minimum Gasteiger partial charge on any atom is -0.281 e. The molecular formula is C11H15NS. The first-order valence-corrected chi connectivity index (χ1v) is 5.31. The molecule has 0 saturated heterocycles. The van der Waals surface area contributed by atoms with Crippen molar-refractivity contribution in [3.63, 3.8) is 0 Å². The zero-order chi connectivity index (χ0) is 9.68. The van der Waals surface area contributed by atoms with Crippen LogP contribution in [0.1, 0.15) is 19.4 Å². The molecule has 13 heavy (non-hydrogen) atoms. The second kappa shape index (κ2) is 5.07. The monoisotopic (exact) mass is 193 g/mol. The van der Waals surface area contributed by atoms with Gasteiger partial charge in [0.25, 0.3) is 0 Å². The topological polar surface area (TPSA) is 12.4 Å². The van der Waals surface area contributed by atoms with Crippen molar-refractivity contribution >= 4 is 16.8 Å². The average Bonchev–Trinajstić information content (AvgIpc) is 2.15. The molecule has 1 aromatic carbocycles. The Morgan fingerprint density at radius 1 is 1.23 bits per heavy atom. The maximum atomic E-state index is 4.28. The summed E-state index contributed by atoms with van der Waals surface area (Å²) in [5, 5.41) is 1.70. The first-order valence-electron chi connectivity index (χ1n) is 4.43. The lowest BCUT2D eigenvalue weighted by Gasteiger charge is -2.07. The highest BCUT2D eigenvalue weighted by molar-refractivity contribution is 8.14. The summed E-state index contributed by atoms with van der Waals surface area (Å²) >= 11 is 1.80. The molecule has 0 unspecified atom stereocenters. The van der Waals surface area contributed by atoms with E-state index in [0.29, 0.717) is 5.25 Å². The summed E-state index contributed by atoms with van der Waals surface area (Å²) in [5.74, 6) is 0. The molecule has 0 aromatic heterocycles. The van der Waals surface area contributed by atoms with E-state index in [-0.39, 0.29) is 0 Å². The fourth-order valence-electron chi connectivity index (χ4n) is 1.05. The molecule has 0 spiro atoms. The quantitative estimate of drug-likeness (QED) is 0.519. The van der Waals surface area contributed by atoms with Crippen molar-refractivity contribution in [3.05, 3.63) is 35.9 Å². The number of nitrogens with zero attached hydrogens (tertiary/aromatic N) is 1. The summed E-state index contributed by atoms with van der Waals surface area (Å²) in [6.45, 7) is 4.36. The third-order valence-corrected chi connectivity index (χ3v) is 2.68. The molecule has 0 amide bonds. The lowest BCUT2D eigenvalue weighted by molar-refractivity contribution is 1.12. The maximum absolute atomic E-state index is 4.28. The number of aliphatic imine (C=N–C) groups is 1. The Balaban J connectivity index is 2.80. The maximum Gasteiger partial charge on any atom is 0.0975 e. The second-order valence-electron chi connectivity index (χ2n) is 3.06. The van der Waals surface area contributed by atoms with Gasteiger partial charge >= 0.3 is 0 Å². The zero-order valence-corrected chi connectivity index (χ0v) is 9.14. The summed E-state index contributed by atoms with van der Waals surface area (Å²) in [6.07, 6.45) is 0. The van der Waals surface area contributed by atoms with Gasteiger partial charge in [0.15, 0.2) is 0 Å². The van der Waals surface area contributed by atoms with Gasteiger partial charge in [0.1, 0.15) is 0 Å².